The van der Waals surface area contributed by atoms with Crippen LogP contribution in [-0.2, 0) is 17.8 Å². The molecule has 0 aliphatic heterocycles. The summed E-state index contributed by atoms with van der Waals surface area (Å²) in [5.41, 5.74) is 3.94. The number of carbonyl (C=O) groups is 1. The molecule has 0 fully saturated rings. The third-order valence-electron chi connectivity index (χ3n) is 3.81. The topological polar surface area (TPSA) is 46.9 Å². The van der Waals surface area contributed by atoms with E-state index in [0.717, 1.165) is 34.3 Å². The minimum Gasteiger partial charge on any atom is -0.324 e. The monoisotopic (exact) mass is 293 g/mol. The Morgan fingerprint density at radius 1 is 1.14 bits per heavy atom. The zero-order valence-corrected chi connectivity index (χ0v) is 12.8. The van der Waals surface area contributed by atoms with Crippen molar-refractivity contribution < 1.29 is 4.79 Å². The van der Waals surface area contributed by atoms with Crippen LogP contribution in [0.2, 0.25) is 0 Å². The SMILES string of the molecule is CCc1ccccc1NC(=O)Cn1nc(C)c2ccccc21. The molecule has 0 bridgehead atoms. The Labute approximate surface area is 129 Å². The molecule has 4 heteroatoms. The molecule has 0 spiro atoms. The molecule has 112 valence electrons. The molecule has 0 unspecified atom stereocenters. The highest BCUT2D eigenvalue weighted by Crippen LogP contribution is 2.18. The summed E-state index contributed by atoms with van der Waals surface area (Å²) in [4.78, 5) is 12.3. The molecule has 0 aliphatic carbocycles. The van der Waals surface area contributed by atoms with E-state index >= 15 is 0 Å². The van der Waals surface area contributed by atoms with Gasteiger partial charge >= 0.3 is 0 Å². The van der Waals surface area contributed by atoms with Crippen molar-refractivity contribution in [2.45, 2.75) is 26.8 Å². The van der Waals surface area contributed by atoms with Crippen LogP contribution in [-0.4, -0.2) is 15.7 Å². The van der Waals surface area contributed by atoms with Crippen LogP contribution in [0.5, 0.6) is 0 Å². The van der Waals surface area contributed by atoms with Crippen LogP contribution < -0.4 is 5.32 Å². The number of nitrogens with zero attached hydrogens (tertiary/aromatic N) is 2. The van der Waals surface area contributed by atoms with E-state index in [0.29, 0.717) is 0 Å². The predicted octanol–water partition coefficient (Wildman–Crippen LogP) is 3.55. The van der Waals surface area contributed by atoms with Crippen molar-refractivity contribution in [3.63, 3.8) is 0 Å². The highest BCUT2D eigenvalue weighted by atomic mass is 16.2. The second-order valence-electron chi connectivity index (χ2n) is 5.32. The molecule has 4 nitrogen and oxygen atoms in total. The molecule has 0 radical (unpaired) electrons. The molecule has 0 atom stereocenters. The molecule has 3 rings (SSSR count). The van der Waals surface area contributed by atoms with Gasteiger partial charge in [-0.15, -0.1) is 0 Å². The first-order chi connectivity index (χ1) is 10.7. The summed E-state index contributed by atoms with van der Waals surface area (Å²) in [5.74, 6) is -0.0610. The van der Waals surface area contributed by atoms with Crippen molar-refractivity contribution >= 4 is 22.5 Å². The van der Waals surface area contributed by atoms with Gasteiger partial charge in [0.25, 0.3) is 0 Å². The first-order valence-electron chi connectivity index (χ1n) is 7.49. The lowest BCUT2D eigenvalue weighted by Gasteiger charge is -2.10. The Hall–Kier alpha value is -2.62. The lowest BCUT2D eigenvalue weighted by molar-refractivity contribution is -0.116. The average molecular weight is 293 g/mol. The van der Waals surface area contributed by atoms with Gasteiger partial charge in [0, 0.05) is 11.1 Å². The summed E-state index contributed by atoms with van der Waals surface area (Å²) in [7, 11) is 0. The number of rotatable bonds is 4. The van der Waals surface area contributed by atoms with Gasteiger partial charge in [-0.25, -0.2) is 0 Å². The highest BCUT2D eigenvalue weighted by Gasteiger charge is 2.11. The van der Waals surface area contributed by atoms with E-state index in [9.17, 15) is 4.79 Å². The van der Waals surface area contributed by atoms with Gasteiger partial charge in [0.15, 0.2) is 0 Å². The third-order valence-corrected chi connectivity index (χ3v) is 3.81. The van der Waals surface area contributed by atoms with E-state index < -0.39 is 0 Å². The summed E-state index contributed by atoms with van der Waals surface area (Å²) in [6.07, 6.45) is 0.889. The number of aryl methyl sites for hydroxylation is 2. The molecule has 1 N–H and O–H groups in total. The molecule has 0 saturated carbocycles. The first kappa shape index (κ1) is 14.3. The quantitative estimate of drug-likeness (QED) is 0.799. The highest BCUT2D eigenvalue weighted by molar-refractivity contribution is 5.92. The Balaban J connectivity index is 1.82. The average Bonchev–Trinajstić information content (AvgIpc) is 2.84. The number of benzene rings is 2. The van der Waals surface area contributed by atoms with Crippen LogP contribution in [0.1, 0.15) is 18.2 Å². The van der Waals surface area contributed by atoms with E-state index in [-0.39, 0.29) is 12.5 Å². The standard InChI is InChI=1S/C18H19N3O/c1-3-14-8-4-6-10-16(14)19-18(22)12-21-17-11-7-5-9-15(17)13(2)20-21/h4-11H,3,12H2,1-2H3,(H,19,22). The van der Waals surface area contributed by atoms with Crippen molar-refractivity contribution in [1.29, 1.82) is 0 Å². The Morgan fingerprint density at radius 2 is 1.86 bits per heavy atom. The lowest BCUT2D eigenvalue weighted by atomic mass is 10.1. The third kappa shape index (κ3) is 2.72. The molecule has 0 saturated heterocycles. The largest absolute Gasteiger partial charge is 0.324 e. The summed E-state index contributed by atoms with van der Waals surface area (Å²) < 4.78 is 1.76. The number of anilines is 1. The summed E-state index contributed by atoms with van der Waals surface area (Å²) in [6, 6.07) is 15.8. The van der Waals surface area contributed by atoms with Gasteiger partial charge < -0.3 is 5.32 Å². The van der Waals surface area contributed by atoms with Crippen molar-refractivity contribution in [2.24, 2.45) is 0 Å². The van der Waals surface area contributed by atoms with Crippen LogP contribution in [0, 0.1) is 6.92 Å². The molecule has 3 aromatic rings. The number of aromatic nitrogens is 2. The van der Waals surface area contributed by atoms with Gasteiger partial charge in [0.2, 0.25) is 5.91 Å². The van der Waals surface area contributed by atoms with Crippen molar-refractivity contribution in [1.82, 2.24) is 9.78 Å². The van der Waals surface area contributed by atoms with E-state index in [2.05, 4.69) is 17.3 Å². The number of fused-ring (bicyclic) bond motifs is 1. The molecule has 22 heavy (non-hydrogen) atoms. The Morgan fingerprint density at radius 3 is 2.68 bits per heavy atom. The van der Waals surface area contributed by atoms with E-state index in [1.54, 1.807) is 4.68 Å². The maximum atomic E-state index is 12.3. The maximum absolute atomic E-state index is 12.3. The fraction of sp³-hybridized carbons (Fsp3) is 0.222. The van der Waals surface area contributed by atoms with Crippen molar-refractivity contribution in [3.8, 4) is 0 Å². The number of amides is 1. The fourth-order valence-electron chi connectivity index (χ4n) is 2.69. The lowest BCUT2D eigenvalue weighted by Crippen LogP contribution is -2.20. The molecular weight excluding hydrogens is 274 g/mol. The maximum Gasteiger partial charge on any atom is 0.246 e. The molecule has 1 aromatic heterocycles. The normalized spacial score (nSPS) is 10.8. The Bertz CT molecular complexity index is 820. The van der Waals surface area contributed by atoms with E-state index in [1.165, 1.54) is 0 Å². The second kappa shape index (κ2) is 6.02. The van der Waals surface area contributed by atoms with Crippen molar-refractivity contribution in [3.05, 3.63) is 59.8 Å². The number of carbonyl (C=O) groups excluding carboxylic acids is 1. The van der Waals surface area contributed by atoms with Gasteiger partial charge in [-0.2, -0.15) is 5.10 Å². The van der Waals surface area contributed by atoms with Crippen LogP contribution in [0.15, 0.2) is 48.5 Å². The summed E-state index contributed by atoms with van der Waals surface area (Å²) in [6.45, 7) is 4.25. The van der Waals surface area contributed by atoms with E-state index in [4.69, 9.17) is 0 Å². The van der Waals surface area contributed by atoms with Gasteiger partial charge in [-0.3, -0.25) is 9.48 Å². The fourth-order valence-corrected chi connectivity index (χ4v) is 2.69. The van der Waals surface area contributed by atoms with Gasteiger partial charge in [0.1, 0.15) is 6.54 Å². The summed E-state index contributed by atoms with van der Waals surface area (Å²) >= 11 is 0. The van der Waals surface area contributed by atoms with Crippen LogP contribution in [0.25, 0.3) is 10.9 Å². The molecule has 1 amide bonds. The van der Waals surface area contributed by atoms with Crippen LogP contribution in [0.3, 0.4) is 0 Å². The number of para-hydroxylation sites is 2. The number of nitrogens with one attached hydrogen (secondary N) is 1. The van der Waals surface area contributed by atoms with Gasteiger partial charge in [0.05, 0.1) is 11.2 Å². The molecule has 0 aliphatic rings. The molecular formula is C18H19N3O. The summed E-state index contributed by atoms with van der Waals surface area (Å²) in [5, 5.41) is 8.54. The van der Waals surface area contributed by atoms with Gasteiger partial charge in [-0.1, -0.05) is 43.3 Å². The second-order valence-corrected chi connectivity index (χ2v) is 5.32. The zero-order chi connectivity index (χ0) is 15.5. The minimum atomic E-state index is -0.0610. The number of hydrogen-bond donors (Lipinski definition) is 1. The Kier molecular flexibility index (Phi) is 3.92. The molecule has 1 heterocycles. The van der Waals surface area contributed by atoms with Crippen LogP contribution >= 0.6 is 0 Å². The van der Waals surface area contributed by atoms with Crippen LogP contribution in [0.4, 0.5) is 5.69 Å². The predicted molar refractivity (Wildman–Crippen MR) is 88.9 cm³/mol. The minimum absolute atomic E-state index is 0.0610. The number of hydrogen-bond acceptors (Lipinski definition) is 2. The molecule has 2 aromatic carbocycles. The van der Waals surface area contributed by atoms with Crippen molar-refractivity contribution in [2.75, 3.05) is 5.32 Å². The van der Waals surface area contributed by atoms with Gasteiger partial charge in [-0.05, 0) is 31.0 Å². The zero-order valence-electron chi connectivity index (χ0n) is 12.8. The van der Waals surface area contributed by atoms with E-state index in [1.807, 2.05) is 55.5 Å². The first-order valence-corrected chi connectivity index (χ1v) is 7.49. The smallest absolute Gasteiger partial charge is 0.246 e.